The molecule has 1 aliphatic heterocycles. The molecule has 0 spiro atoms. The number of aliphatic hydroxyl groups excluding tert-OH is 1. The minimum Gasteiger partial charge on any atom is -0.493 e. The summed E-state index contributed by atoms with van der Waals surface area (Å²) in [4.78, 5) is 2.36. The van der Waals surface area contributed by atoms with E-state index in [9.17, 15) is 5.11 Å². The number of hydrogen-bond acceptors (Lipinski definition) is 5. The second-order valence-electron chi connectivity index (χ2n) is 5.42. The highest BCUT2D eigenvalue weighted by atomic mass is 16.5. The number of hydrogen-bond donors (Lipinski definition) is 1. The maximum atomic E-state index is 9.34. The number of ether oxygens (including phenoxy) is 3. The molecule has 2 rings (SSSR count). The normalized spacial score (nSPS) is 19.3. The van der Waals surface area contributed by atoms with Crippen LogP contribution in [0, 0.1) is 5.92 Å². The van der Waals surface area contributed by atoms with Crippen LogP contribution >= 0.6 is 0 Å². The highest BCUT2D eigenvalue weighted by Gasteiger charge is 2.22. The Bertz CT molecular complexity index is 464. The highest BCUT2D eigenvalue weighted by molar-refractivity contribution is 5.55. The van der Waals surface area contributed by atoms with Crippen LogP contribution in [-0.4, -0.2) is 51.0 Å². The molecule has 5 nitrogen and oxygen atoms in total. The molecule has 1 aliphatic rings. The summed E-state index contributed by atoms with van der Waals surface area (Å²) in [6.45, 7) is 3.03. The molecule has 1 aromatic rings. The first-order valence-corrected chi connectivity index (χ1v) is 7.34. The van der Waals surface area contributed by atoms with E-state index in [1.54, 1.807) is 21.3 Å². The summed E-state index contributed by atoms with van der Waals surface area (Å²) in [5.41, 5.74) is 1.08. The van der Waals surface area contributed by atoms with E-state index in [-0.39, 0.29) is 6.61 Å². The van der Waals surface area contributed by atoms with Gasteiger partial charge in [-0.15, -0.1) is 0 Å². The molecule has 1 saturated heterocycles. The molecule has 0 unspecified atom stereocenters. The quantitative estimate of drug-likeness (QED) is 0.869. The van der Waals surface area contributed by atoms with Gasteiger partial charge >= 0.3 is 0 Å². The largest absolute Gasteiger partial charge is 0.493 e. The van der Waals surface area contributed by atoms with Crippen LogP contribution in [-0.2, 0) is 6.54 Å². The van der Waals surface area contributed by atoms with Crippen molar-refractivity contribution in [3.63, 3.8) is 0 Å². The van der Waals surface area contributed by atoms with Gasteiger partial charge in [-0.2, -0.15) is 0 Å². The average Bonchev–Trinajstić information content (AvgIpc) is 2.54. The monoisotopic (exact) mass is 295 g/mol. The molecule has 5 heteroatoms. The van der Waals surface area contributed by atoms with Crippen molar-refractivity contribution < 1.29 is 19.3 Å². The van der Waals surface area contributed by atoms with E-state index in [0.717, 1.165) is 43.8 Å². The summed E-state index contributed by atoms with van der Waals surface area (Å²) in [6.07, 6.45) is 2.23. The predicted octanol–water partition coefficient (Wildman–Crippen LogP) is 1.92. The third-order valence-corrected chi connectivity index (χ3v) is 4.04. The molecule has 0 radical (unpaired) electrons. The molecule has 0 amide bonds. The van der Waals surface area contributed by atoms with E-state index < -0.39 is 0 Å². The Morgan fingerprint density at radius 2 is 1.90 bits per heavy atom. The number of likely N-dealkylation sites (tertiary alicyclic amines) is 1. The molecular formula is C16H25NO4. The predicted molar refractivity (Wildman–Crippen MR) is 81.2 cm³/mol. The van der Waals surface area contributed by atoms with Gasteiger partial charge in [-0.25, -0.2) is 0 Å². The first-order chi connectivity index (χ1) is 10.2. The second kappa shape index (κ2) is 7.52. The second-order valence-corrected chi connectivity index (χ2v) is 5.42. The van der Waals surface area contributed by atoms with Gasteiger partial charge in [0.25, 0.3) is 0 Å². The van der Waals surface area contributed by atoms with Crippen LogP contribution in [0.25, 0.3) is 0 Å². The summed E-state index contributed by atoms with van der Waals surface area (Å²) < 4.78 is 16.3. The number of benzene rings is 1. The lowest BCUT2D eigenvalue weighted by molar-refractivity contribution is 0.115. The molecule has 0 aliphatic carbocycles. The van der Waals surface area contributed by atoms with Crippen molar-refractivity contribution in [3.8, 4) is 17.2 Å². The van der Waals surface area contributed by atoms with Crippen molar-refractivity contribution >= 4 is 0 Å². The average molecular weight is 295 g/mol. The molecule has 1 aromatic carbocycles. The summed E-state index contributed by atoms with van der Waals surface area (Å²) in [6, 6.07) is 3.92. The Labute approximate surface area is 126 Å². The van der Waals surface area contributed by atoms with Crippen molar-refractivity contribution in [2.45, 2.75) is 19.4 Å². The van der Waals surface area contributed by atoms with Crippen LogP contribution in [0.3, 0.4) is 0 Å². The van der Waals surface area contributed by atoms with Crippen LogP contribution < -0.4 is 14.2 Å². The third-order valence-electron chi connectivity index (χ3n) is 4.04. The van der Waals surface area contributed by atoms with Gasteiger partial charge in [-0.05, 0) is 31.4 Å². The molecule has 0 bridgehead atoms. The molecule has 1 fully saturated rings. The van der Waals surface area contributed by atoms with E-state index in [2.05, 4.69) is 4.90 Å². The van der Waals surface area contributed by atoms with Gasteiger partial charge in [0.05, 0.1) is 21.3 Å². The molecule has 1 N–H and O–H groups in total. The zero-order valence-corrected chi connectivity index (χ0v) is 13.1. The molecule has 21 heavy (non-hydrogen) atoms. The molecule has 118 valence electrons. The Morgan fingerprint density at radius 1 is 1.14 bits per heavy atom. The summed E-state index contributed by atoms with van der Waals surface area (Å²) in [5.74, 6) is 2.41. The molecular weight excluding hydrogens is 270 g/mol. The molecule has 1 atom stereocenters. The van der Waals surface area contributed by atoms with E-state index >= 15 is 0 Å². The van der Waals surface area contributed by atoms with E-state index in [4.69, 9.17) is 14.2 Å². The van der Waals surface area contributed by atoms with Gasteiger partial charge in [-0.1, -0.05) is 6.07 Å². The SMILES string of the molecule is COc1ccc(CN2CCC[C@@H](CO)C2)c(OC)c1OC. The fourth-order valence-electron chi connectivity index (χ4n) is 2.97. The Kier molecular flexibility index (Phi) is 5.70. The van der Waals surface area contributed by atoms with Crippen molar-refractivity contribution in [3.05, 3.63) is 17.7 Å². The lowest BCUT2D eigenvalue weighted by Crippen LogP contribution is -2.36. The van der Waals surface area contributed by atoms with Gasteiger partial charge < -0.3 is 19.3 Å². The fourth-order valence-corrected chi connectivity index (χ4v) is 2.97. The van der Waals surface area contributed by atoms with E-state index in [1.165, 1.54) is 0 Å². The number of rotatable bonds is 6. The van der Waals surface area contributed by atoms with E-state index in [0.29, 0.717) is 17.4 Å². The summed E-state index contributed by atoms with van der Waals surface area (Å²) >= 11 is 0. The number of nitrogens with zero attached hydrogens (tertiary/aromatic N) is 1. The lowest BCUT2D eigenvalue weighted by Gasteiger charge is -2.32. The first kappa shape index (κ1) is 15.9. The molecule has 0 saturated carbocycles. The van der Waals surface area contributed by atoms with Crippen LogP contribution in [0.4, 0.5) is 0 Å². The standard InChI is InChI=1S/C16H25NO4/c1-19-14-7-6-13(15(20-2)16(14)21-3)10-17-8-4-5-12(9-17)11-18/h6-7,12,18H,4-5,8-11H2,1-3H3/t12-/m1/s1. The van der Waals surface area contributed by atoms with Crippen LogP contribution in [0.2, 0.25) is 0 Å². The maximum Gasteiger partial charge on any atom is 0.203 e. The number of aliphatic hydroxyl groups is 1. The highest BCUT2D eigenvalue weighted by Crippen LogP contribution is 2.40. The summed E-state index contributed by atoms with van der Waals surface area (Å²) in [7, 11) is 4.88. The van der Waals surface area contributed by atoms with E-state index in [1.807, 2.05) is 12.1 Å². The summed E-state index contributed by atoms with van der Waals surface area (Å²) in [5, 5.41) is 9.34. The van der Waals surface area contributed by atoms with Crippen molar-refractivity contribution in [2.75, 3.05) is 41.0 Å². The minimum atomic E-state index is 0.263. The molecule has 1 heterocycles. The maximum absolute atomic E-state index is 9.34. The van der Waals surface area contributed by atoms with Crippen LogP contribution in [0.5, 0.6) is 17.2 Å². The fraction of sp³-hybridized carbons (Fsp3) is 0.625. The van der Waals surface area contributed by atoms with Gasteiger partial charge in [-0.3, -0.25) is 4.90 Å². The smallest absolute Gasteiger partial charge is 0.203 e. The zero-order valence-electron chi connectivity index (χ0n) is 13.1. The van der Waals surface area contributed by atoms with Crippen molar-refractivity contribution in [1.82, 2.24) is 4.90 Å². The Hall–Kier alpha value is -1.46. The van der Waals surface area contributed by atoms with Gasteiger partial charge in [0.2, 0.25) is 5.75 Å². The number of piperidine rings is 1. The Morgan fingerprint density at radius 3 is 2.52 bits per heavy atom. The number of methoxy groups -OCH3 is 3. The van der Waals surface area contributed by atoms with Gasteiger partial charge in [0, 0.05) is 25.3 Å². The third kappa shape index (κ3) is 3.60. The molecule has 0 aromatic heterocycles. The minimum absolute atomic E-state index is 0.263. The zero-order chi connectivity index (χ0) is 15.2. The van der Waals surface area contributed by atoms with Crippen molar-refractivity contribution in [1.29, 1.82) is 0 Å². The van der Waals surface area contributed by atoms with Crippen molar-refractivity contribution in [2.24, 2.45) is 5.92 Å². The lowest BCUT2D eigenvalue weighted by atomic mass is 9.98. The first-order valence-electron chi connectivity index (χ1n) is 7.34. The topological polar surface area (TPSA) is 51.2 Å². The van der Waals surface area contributed by atoms with Gasteiger partial charge in [0.1, 0.15) is 0 Å². The van der Waals surface area contributed by atoms with Gasteiger partial charge in [0.15, 0.2) is 11.5 Å². The van der Waals surface area contributed by atoms with Crippen LogP contribution in [0.1, 0.15) is 18.4 Å². The van der Waals surface area contributed by atoms with Crippen LogP contribution in [0.15, 0.2) is 12.1 Å². The Balaban J connectivity index is 2.19.